The minimum atomic E-state index is -0.781. The van der Waals surface area contributed by atoms with Gasteiger partial charge in [0.2, 0.25) is 11.8 Å². The number of para-hydroxylation sites is 1. The normalized spacial score (nSPS) is 17.0. The Bertz CT molecular complexity index is 1420. The number of nitrogens with zero attached hydrogens (tertiary/aromatic N) is 1. The monoisotopic (exact) mass is 484 g/mol. The molecule has 5 rings (SSSR count). The van der Waals surface area contributed by atoms with Gasteiger partial charge >= 0.3 is 5.97 Å². The van der Waals surface area contributed by atoms with E-state index in [-0.39, 0.29) is 24.9 Å². The van der Waals surface area contributed by atoms with E-state index in [4.69, 9.17) is 4.74 Å². The van der Waals surface area contributed by atoms with Crippen LogP contribution < -0.4 is 10.6 Å². The number of hydrogen-bond donors (Lipinski definition) is 3. The molecule has 8 heteroatoms. The van der Waals surface area contributed by atoms with E-state index in [1.54, 1.807) is 4.90 Å². The van der Waals surface area contributed by atoms with Crippen molar-refractivity contribution in [3.8, 4) is 0 Å². The highest BCUT2D eigenvalue weighted by Gasteiger charge is 2.37. The van der Waals surface area contributed by atoms with E-state index >= 15 is 0 Å². The number of hydrogen-bond acceptors (Lipinski definition) is 5. The van der Waals surface area contributed by atoms with Gasteiger partial charge in [0.25, 0.3) is 0 Å². The number of esters is 1. The molecule has 36 heavy (non-hydrogen) atoms. The molecule has 0 aliphatic carbocycles. The van der Waals surface area contributed by atoms with Crippen molar-refractivity contribution in [1.82, 2.24) is 20.5 Å². The molecule has 3 aromatic carbocycles. The van der Waals surface area contributed by atoms with E-state index in [1.165, 1.54) is 7.11 Å². The van der Waals surface area contributed by atoms with Gasteiger partial charge in [-0.05, 0) is 28.0 Å². The number of carbonyl (C=O) groups is 3. The first-order chi connectivity index (χ1) is 17.5. The predicted octanol–water partition coefficient (Wildman–Crippen LogP) is 2.52. The molecule has 184 valence electrons. The fourth-order valence-corrected chi connectivity index (χ4v) is 4.91. The molecule has 1 aliphatic rings. The van der Waals surface area contributed by atoms with Gasteiger partial charge in [-0.3, -0.25) is 19.3 Å². The Kier molecular flexibility index (Phi) is 6.69. The van der Waals surface area contributed by atoms with Gasteiger partial charge in [-0.15, -0.1) is 0 Å². The summed E-state index contributed by atoms with van der Waals surface area (Å²) in [5, 5.41) is 8.90. The van der Waals surface area contributed by atoms with Gasteiger partial charge in [-0.1, -0.05) is 60.7 Å². The summed E-state index contributed by atoms with van der Waals surface area (Å²) >= 11 is 0. The van der Waals surface area contributed by atoms with Crippen molar-refractivity contribution in [3.63, 3.8) is 0 Å². The summed E-state index contributed by atoms with van der Waals surface area (Å²) in [7, 11) is 1.34. The van der Waals surface area contributed by atoms with E-state index < -0.39 is 18.1 Å². The summed E-state index contributed by atoms with van der Waals surface area (Å²) < 4.78 is 5.08. The van der Waals surface area contributed by atoms with Crippen LogP contribution in [-0.2, 0) is 32.1 Å². The highest BCUT2D eigenvalue weighted by atomic mass is 16.5. The quantitative estimate of drug-likeness (QED) is 0.350. The van der Waals surface area contributed by atoms with Crippen LogP contribution in [0.1, 0.15) is 11.1 Å². The zero-order valence-electron chi connectivity index (χ0n) is 20.0. The van der Waals surface area contributed by atoms with Crippen molar-refractivity contribution in [1.29, 1.82) is 0 Å². The first kappa shape index (κ1) is 23.6. The van der Waals surface area contributed by atoms with Crippen LogP contribution in [0.25, 0.3) is 21.7 Å². The molecule has 0 spiro atoms. The number of methoxy groups -OCH3 is 1. The largest absolute Gasteiger partial charge is 0.468 e. The van der Waals surface area contributed by atoms with E-state index in [0.717, 1.165) is 32.8 Å². The lowest BCUT2D eigenvalue weighted by Crippen LogP contribution is -2.63. The number of aromatic amines is 1. The fraction of sp³-hybridized carbons (Fsp3) is 0.250. The molecule has 2 atom stereocenters. The number of carbonyl (C=O) groups excluding carboxylic acids is 3. The maximum atomic E-state index is 13.1. The Hall–Kier alpha value is -4.17. The van der Waals surface area contributed by atoms with E-state index in [2.05, 4.69) is 15.6 Å². The molecular weight excluding hydrogens is 456 g/mol. The van der Waals surface area contributed by atoms with Gasteiger partial charge in [-0.2, -0.15) is 0 Å². The second kappa shape index (κ2) is 10.2. The number of ether oxygens (including phenoxy) is 1. The Morgan fingerprint density at radius 2 is 1.78 bits per heavy atom. The zero-order valence-corrected chi connectivity index (χ0v) is 20.0. The summed E-state index contributed by atoms with van der Waals surface area (Å²) in [5.74, 6) is -1.04. The molecule has 2 amide bonds. The topological polar surface area (TPSA) is 104 Å². The third-order valence-corrected chi connectivity index (χ3v) is 6.75. The number of piperazine rings is 1. The molecule has 4 aromatic rings. The van der Waals surface area contributed by atoms with Crippen molar-refractivity contribution in [2.75, 3.05) is 20.2 Å². The van der Waals surface area contributed by atoms with Crippen LogP contribution in [0.2, 0.25) is 0 Å². The highest BCUT2D eigenvalue weighted by molar-refractivity contribution is 5.91. The molecule has 1 aromatic heterocycles. The number of rotatable bonds is 7. The van der Waals surface area contributed by atoms with Crippen molar-refractivity contribution < 1.29 is 19.1 Å². The molecular formula is C28H28N4O4. The molecule has 1 fully saturated rings. The Balaban J connectivity index is 1.31. The van der Waals surface area contributed by atoms with E-state index in [9.17, 15) is 14.4 Å². The highest BCUT2D eigenvalue weighted by Crippen LogP contribution is 2.22. The van der Waals surface area contributed by atoms with Crippen molar-refractivity contribution in [2.45, 2.75) is 25.0 Å². The maximum Gasteiger partial charge on any atom is 0.323 e. The average Bonchev–Trinajstić information content (AvgIpc) is 3.32. The Labute approximate surface area is 208 Å². The third-order valence-electron chi connectivity index (χ3n) is 6.75. The Morgan fingerprint density at radius 3 is 2.61 bits per heavy atom. The summed E-state index contributed by atoms with van der Waals surface area (Å²) in [5.41, 5.74) is 2.91. The van der Waals surface area contributed by atoms with Gasteiger partial charge < -0.3 is 20.4 Å². The number of nitrogens with one attached hydrogen (secondary N) is 3. The van der Waals surface area contributed by atoms with Crippen LogP contribution in [0, 0.1) is 0 Å². The zero-order chi connectivity index (χ0) is 25.1. The molecule has 0 saturated carbocycles. The lowest BCUT2D eigenvalue weighted by Gasteiger charge is -2.36. The number of amides is 2. The predicted molar refractivity (Wildman–Crippen MR) is 137 cm³/mol. The minimum absolute atomic E-state index is 0.00915. The number of benzene rings is 3. The van der Waals surface area contributed by atoms with Crippen LogP contribution in [0.15, 0.2) is 72.9 Å². The first-order valence-corrected chi connectivity index (χ1v) is 11.9. The number of H-pyrrole nitrogens is 1. The molecule has 0 radical (unpaired) electrons. The van der Waals surface area contributed by atoms with Crippen LogP contribution in [-0.4, -0.2) is 60.0 Å². The summed E-state index contributed by atoms with van der Waals surface area (Å²) in [6, 6.07) is 20.3. The van der Waals surface area contributed by atoms with Gasteiger partial charge in [-0.25, -0.2) is 0 Å². The Morgan fingerprint density at radius 1 is 1.03 bits per heavy atom. The molecule has 0 unspecified atom stereocenters. The standard InChI is InChI=1S/C28H28N4O4/c1-36-28(35)25(13-20-15-29-23-12-5-4-11-22(20)23)32-16-24(31-26(33)17-32)27(34)30-14-19-9-6-8-18-7-2-3-10-21(18)19/h2-12,15,24-25,29H,13-14,16-17H2,1H3,(H,30,34)(H,31,33)/t24-,25-/m0/s1. The second-order valence-corrected chi connectivity index (χ2v) is 9.01. The van der Waals surface area contributed by atoms with Crippen molar-refractivity contribution >= 4 is 39.5 Å². The molecule has 0 bridgehead atoms. The smallest absolute Gasteiger partial charge is 0.323 e. The molecule has 1 saturated heterocycles. The van der Waals surface area contributed by atoms with Gasteiger partial charge in [0, 0.05) is 36.6 Å². The third kappa shape index (κ3) is 4.81. The van der Waals surface area contributed by atoms with Crippen molar-refractivity contribution in [2.24, 2.45) is 0 Å². The lowest BCUT2D eigenvalue weighted by atomic mass is 10.0. The first-order valence-electron chi connectivity index (χ1n) is 11.9. The van der Waals surface area contributed by atoms with Gasteiger partial charge in [0.15, 0.2) is 0 Å². The summed E-state index contributed by atoms with van der Waals surface area (Å²) in [4.78, 5) is 43.4. The average molecular weight is 485 g/mol. The molecule has 1 aliphatic heterocycles. The fourth-order valence-electron chi connectivity index (χ4n) is 4.91. The van der Waals surface area contributed by atoms with E-state index in [1.807, 2.05) is 72.9 Å². The SMILES string of the molecule is COC(=O)[C@H](Cc1c[nH]c2ccccc12)N1CC(=O)N[C@H](C(=O)NCc2cccc3ccccc23)C1. The van der Waals surface area contributed by atoms with Crippen LogP contribution in [0.3, 0.4) is 0 Å². The summed E-state index contributed by atoms with van der Waals surface area (Å²) in [6.07, 6.45) is 2.23. The van der Waals surface area contributed by atoms with Crippen LogP contribution >= 0.6 is 0 Å². The van der Waals surface area contributed by atoms with Gasteiger partial charge in [0.1, 0.15) is 12.1 Å². The molecule has 2 heterocycles. The van der Waals surface area contributed by atoms with E-state index in [0.29, 0.717) is 13.0 Å². The second-order valence-electron chi connectivity index (χ2n) is 9.01. The number of aromatic nitrogens is 1. The summed E-state index contributed by atoms with van der Waals surface area (Å²) in [6.45, 7) is 0.548. The number of fused-ring (bicyclic) bond motifs is 2. The molecule has 3 N–H and O–H groups in total. The lowest BCUT2D eigenvalue weighted by molar-refractivity contribution is -0.149. The minimum Gasteiger partial charge on any atom is -0.468 e. The molecule has 8 nitrogen and oxygen atoms in total. The van der Waals surface area contributed by atoms with Crippen LogP contribution in [0.5, 0.6) is 0 Å². The van der Waals surface area contributed by atoms with Crippen molar-refractivity contribution in [3.05, 3.63) is 84.1 Å². The van der Waals surface area contributed by atoms with Crippen LogP contribution in [0.4, 0.5) is 0 Å². The maximum absolute atomic E-state index is 13.1. The van der Waals surface area contributed by atoms with Gasteiger partial charge in [0.05, 0.1) is 13.7 Å².